The van der Waals surface area contributed by atoms with Gasteiger partial charge in [0.2, 0.25) is 11.8 Å². The summed E-state index contributed by atoms with van der Waals surface area (Å²) in [6, 6.07) is 39.5. The average Bonchev–Trinajstić information content (AvgIpc) is 3.03. The highest BCUT2D eigenvalue weighted by Gasteiger charge is 2.14. The second kappa shape index (κ2) is 10.7. The molecule has 2 heterocycles. The Bertz CT molecular complexity index is 1890. The SMILES string of the molecule is Cc1ccc(Oc2nc(-c3ccc(-c4nc(Oc5ccc(C)cc5)c5ccccc5n4)cc3)nc3ccccc23)cc1. The number of nitrogens with zero attached hydrogens (tertiary/aromatic N) is 4. The molecule has 7 aromatic rings. The second-order valence-electron chi connectivity index (χ2n) is 10.1. The number of benzene rings is 5. The third-order valence-corrected chi connectivity index (χ3v) is 7.01. The van der Waals surface area contributed by atoms with E-state index in [-0.39, 0.29) is 0 Å². The Morgan fingerprint density at radius 3 is 1.19 bits per heavy atom. The van der Waals surface area contributed by atoms with Crippen LogP contribution in [-0.2, 0) is 0 Å². The smallest absolute Gasteiger partial charge is 0.230 e. The highest BCUT2D eigenvalue weighted by molar-refractivity contribution is 5.87. The summed E-state index contributed by atoms with van der Waals surface area (Å²) in [5.74, 6) is 3.62. The number of hydrogen-bond acceptors (Lipinski definition) is 6. The lowest BCUT2D eigenvalue weighted by Crippen LogP contribution is -1.97. The maximum atomic E-state index is 6.23. The predicted molar refractivity (Wildman–Crippen MR) is 166 cm³/mol. The summed E-state index contributed by atoms with van der Waals surface area (Å²) >= 11 is 0. The maximum Gasteiger partial charge on any atom is 0.230 e. The summed E-state index contributed by atoms with van der Waals surface area (Å²) in [6.45, 7) is 4.10. The van der Waals surface area contributed by atoms with Crippen LogP contribution in [0.1, 0.15) is 11.1 Å². The van der Waals surface area contributed by atoms with E-state index in [1.54, 1.807) is 0 Å². The van der Waals surface area contributed by atoms with Crippen molar-refractivity contribution >= 4 is 21.8 Å². The molecular weight excluding hydrogens is 520 g/mol. The van der Waals surface area contributed by atoms with Crippen LogP contribution in [0.15, 0.2) is 121 Å². The number of aryl methyl sites for hydroxylation is 2. The minimum Gasteiger partial charge on any atom is -0.438 e. The molecule has 0 aliphatic heterocycles. The summed E-state index contributed by atoms with van der Waals surface area (Å²) in [5, 5.41) is 1.70. The van der Waals surface area contributed by atoms with Crippen molar-refractivity contribution in [3.05, 3.63) is 132 Å². The van der Waals surface area contributed by atoms with Gasteiger partial charge in [-0.15, -0.1) is 0 Å². The van der Waals surface area contributed by atoms with E-state index in [0.717, 1.165) is 44.4 Å². The van der Waals surface area contributed by atoms with Gasteiger partial charge in [0.25, 0.3) is 0 Å². The molecule has 0 amide bonds. The van der Waals surface area contributed by atoms with Gasteiger partial charge in [0, 0.05) is 11.1 Å². The van der Waals surface area contributed by atoms with Gasteiger partial charge < -0.3 is 9.47 Å². The molecule has 0 aliphatic carbocycles. The summed E-state index contributed by atoms with van der Waals surface area (Å²) < 4.78 is 12.5. The topological polar surface area (TPSA) is 70.0 Å². The zero-order valence-electron chi connectivity index (χ0n) is 23.2. The second-order valence-corrected chi connectivity index (χ2v) is 10.1. The summed E-state index contributed by atoms with van der Waals surface area (Å²) in [4.78, 5) is 19.3. The van der Waals surface area contributed by atoms with Crippen LogP contribution >= 0.6 is 0 Å². The van der Waals surface area contributed by atoms with Gasteiger partial charge >= 0.3 is 0 Å². The lowest BCUT2D eigenvalue weighted by atomic mass is 10.1. The molecular formula is C36H26N4O2. The Balaban J connectivity index is 1.25. The molecule has 0 atom stereocenters. The fraction of sp³-hybridized carbons (Fsp3) is 0.0556. The Labute approximate surface area is 243 Å². The van der Waals surface area contributed by atoms with Gasteiger partial charge in [-0.3, -0.25) is 0 Å². The predicted octanol–water partition coefficient (Wildman–Crippen LogP) is 9.11. The van der Waals surface area contributed by atoms with Crippen LogP contribution in [-0.4, -0.2) is 19.9 Å². The highest BCUT2D eigenvalue weighted by Crippen LogP contribution is 2.33. The van der Waals surface area contributed by atoms with Crippen molar-refractivity contribution in [2.24, 2.45) is 0 Å². The monoisotopic (exact) mass is 546 g/mol. The molecule has 0 fully saturated rings. The van der Waals surface area contributed by atoms with Gasteiger partial charge in [0.15, 0.2) is 11.6 Å². The molecule has 6 nitrogen and oxygen atoms in total. The molecule has 0 saturated carbocycles. The molecule has 0 unspecified atom stereocenters. The van der Waals surface area contributed by atoms with Crippen LogP contribution in [0.5, 0.6) is 23.3 Å². The molecule has 0 aliphatic rings. The fourth-order valence-corrected chi connectivity index (χ4v) is 4.71. The number of aromatic nitrogens is 4. The normalized spacial score (nSPS) is 11.1. The summed E-state index contributed by atoms with van der Waals surface area (Å²) in [6.07, 6.45) is 0. The standard InChI is InChI=1S/C36H26N4O2/c1-23-11-19-27(20-12-23)41-35-29-7-3-5-9-31(29)37-33(39-35)25-15-17-26(18-16-25)34-38-32-10-6-4-8-30(32)36(40-34)42-28-21-13-24(2)14-22-28/h3-22H,1-2H3. The number of hydrogen-bond donors (Lipinski definition) is 0. The molecule has 7 rings (SSSR count). The summed E-state index contributed by atoms with van der Waals surface area (Å²) in [7, 11) is 0. The van der Waals surface area contributed by atoms with Crippen molar-refractivity contribution in [1.29, 1.82) is 0 Å². The van der Waals surface area contributed by atoms with Crippen LogP contribution in [0.3, 0.4) is 0 Å². The maximum absolute atomic E-state index is 6.23. The van der Waals surface area contributed by atoms with E-state index in [0.29, 0.717) is 23.4 Å². The zero-order chi connectivity index (χ0) is 28.5. The largest absolute Gasteiger partial charge is 0.438 e. The van der Waals surface area contributed by atoms with Gasteiger partial charge in [0.1, 0.15) is 11.5 Å². The molecule has 0 N–H and O–H groups in total. The van der Waals surface area contributed by atoms with Gasteiger partial charge in [-0.1, -0.05) is 83.9 Å². The van der Waals surface area contributed by atoms with Gasteiger partial charge in [-0.05, 0) is 62.4 Å². The van der Waals surface area contributed by atoms with Crippen molar-refractivity contribution in [2.45, 2.75) is 13.8 Å². The third kappa shape index (κ3) is 5.13. The van der Waals surface area contributed by atoms with Crippen molar-refractivity contribution in [3.8, 4) is 46.0 Å². The molecule has 0 bridgehead atoms. The first-order valence-corrected chi connectivity index (χ1v) is 13.7. The van der Waals surface area contributed by atoms with Crippen molar-refractivity contribution in [1.82, 2.24) is 19.9 Å². The molecule has 2 aromatic heterocycles. The Kier molecular flexibility index (Phi) is 6.49. The molecule has 42 heavy (non-hydrogen) atoms. The lowest BCUT2D eigenvalue weighted by molar-refractivity contribution is 0.468. The van der Waals surface area contributed by atoms with Gasteiger partial charge in [-0.2, -0.15) is 9.97 Å². The van der Waals surface area contributed by atoms with Crippen LogP contribution in [0, 0.1) is 13.8 Å². The van der Waals surface area contributed by atoms with Crippen LogP contribution in [0.25, 0.3) is 44.6 Å². The number of para-hydroxylation sites is 2. The van der Waals surface area contributed by atoms with E-state index in [1.165, 1.54) is 11.1 Å². The Hall–Kier alpha value is -5.62. The molecule has 0 saturated heterocycles. The molecule has 0 spiro atoms. The minimum absolute atomic E-state index is 0.513. The molecule has 5 aromatic carbocycles. The van der Waals surface area contributed by atoms with Crippen molar-refractivity contribution < 1.29 is 9.47 Å². The fourth-order valence-electron chi connectivity index (χ4n) is 4.71. The Morgan fingerprint density at radius 1 is 0.405 bits per heavy atom. The third-order valence-electron chi connectivity index (χ3n) is 7.01. The van der Waals surface area contributed by atoms with Gasteiger partial charge in [0.05, 0.1) is 21.8 Å². The van der Waals surface area contributed by atoms with E-state index in [9.17, 15) is 0 Å². The molecule has 202 valence electrons. The summed E-state index contributed by atoms with van der Waals surface area (Å²) in [5.41, 5.74) is 5.67. The van der Waals surface area contributed by atoms with Crippen LogP contribution in [0.4, 0.5) is 0 Å². The van der Waals surface area contributed by atoms with Crippen LogP contribution in [0.2, 0.25) is 0 Å². The van der Waals surface area contributed by atoms with E-state index in [1.807, 2.05) is 135 Å². The molecule has 0 radical (unpaired) electrons. The minimum atomic E-state index is 0.513. The zero-order valence-corrected chi connectivity index (χ0v) is 23.2. The first-order valence-electron chi connectivity index (χ1n) is 13.7. The number of ether oxygens (including phenoxy) is 2. The van der Waals surface area contributed by atoms with Crippen molar-refractivity contribution in [2.75, 3.05) is 0 Å². The first-order chi connectivity index (χ1) is 20.6. The Morgan fingerprint density at radius 2 is 0.786 bits per heavy atom. The first kappa shape index (κ1) is 25.4. The van der Waals surface area contributed by atoms with Gasteiger partial charge in [-0.25, -0.2) is 9.97 Å². The lowest BCUT2D eigenvalue weighted by Gasteiger charge is -2.12. The molecule has 6 heteroatoms. The number of rotatable bonds is 6. The van der Waals surface area contributed by atoms with E-state index < -0.39 is 0 Å². The van der Waals surface area contributed by atoms with Crippen molar-refractivity contribution in [3.63, 3.8) is 0 Å². The highest BCUT2D eigenvalue weighted by atomic mass is 16.5. The van der Waals surface area contributed by atoms with E-state index >= 15 is 0 Å². The average molecular weight is 547 g/mol. The number of fused-ring (bicyclic) bond motifs is 2. The van der Waals surface area contributed by atoms with E-state index in [2.05, 4.69) is 0 Å². The van der Waals surface area contributed by atoms with E-state index in [4.69, 9.17) is 29.4 Å². The quantitative estimate of drug-likeness (QED) is 0.207. The van der Waals surface area contributed by atoms with Crippen LogP contribution < -0.4 is 9.47 Å².